The molecule has 196 valence electrons. The summed E-state index contributed by atoms with van der Waals surface area (Å²) >= 11 is 3.40. The van der Waals surface area contributed by atoms with E-state index in [1.165, 1.54) is 17.0 Å². The van der Waals surface area contributed by atoms with Crippen LogP contribution in [0.5, 0.6) is 0 Å². The lowest BCUT2D eigenvalue weighted by molar-refractivity contribution is -0.139. The van der Waals surface area contributed by atoms with Crippen molar-refractivity contribution in [2.24, 2.45) is 0 Å². The smallest absolute Gasteiger partial charge is 0.264 e. The van der Waals surface area contributed by atoms with Gasteiger partial charge in [-0.3, -0.25) is 13.9 Å². The standard InChI is InChI=1S/C28H32BrN3O4S/c1-4-17-30-28(34)22(3)31(19-23-12-9-8-11-21(23)2)27(33)20-32(25-14-10-13-24(29)18-25)37(35,36)26-15-6-5-7-16-26/h5-16,18,22H,4,17,19-20H2,1-3H3,(H,30,34)/t22-/m0/s1. The molecule has 7 nitrogen and oxygen atoms in total. The molecule has 1 N–H and O–H groups in total. The maximum absolute atomic E-state index is 13.9. The van der Waals surface area contributed by atoms with E-state index in [2.05, 4.69) is 21.2 Å². The van der Waals surface area contributed by atoms with Gasteiger partial charge in [0.05, 0.1) is 10.6 Å². The van der Waals surface area contributed by atoms with Crippen molar-refractivity contribution in [2.75, 3.05) is 17.4 Å². The molecule has 3 aromatic rings. The number of nitrogens with zero attached hydrogens (tertiary/aromatic N) is 2. The number of sulfonamides is 1. The molecule has 3 rings (SSSR count). The number of hydrogen-bond donors (Lipinski definition) is 1. The first-order valence-electron chi connectivity index (χ1n) is 12.1. The third kappa shape index (κ3) is 7.20. The second-order valence-electron chi connectivity index (χ2n) is 8.72. The van der Waals surface area contributed by atoms with Gasteiger partial charge in [0.25, 0.3) is 10.0 Å². The molecule has 0 radical (unpaired) electrons. The molecule has 9 heteroatoms. The molecule has 0 heterocycles. The van der Waals surface area contributed by atoms with Crippen molar-refractivity contribution in [3.8, 4) is 0 Å². The second-order valence-corrected chi connectivity index (χ2v) is 11.5. The van der Waals surface area contributed by atoms with E-state index in [0.29, 0.717) is 16.7 Å². The Kier molecular flexibility index (Phi) is 9.88. The van der Waals surface area contributed by atoms with Gasteiger partial charge in [0.15, 0.2) is 0 Å². The average Bonchev–Trinajstić information content (AvgIpc) is 2.89. The number of aryl methyl sites for hydroxylation is 1. The van der Waals surface area contributed by atoms with E-state index >= 15 is 0 Å². The number of amides is 2. The van der Waals surface area contributed by atoms with Gasteiger partial charge in [0, 0.05) is 17.6 Å². The molecule has 0 aliphatic carbocycles. The van der Waals surface area contributed by atoms with E-state index in [0.717, 1.165) is 21.9 Å². The molecule has 2 amide bonds. The van der Waals surface area contributed by atoms with Gasteiger partial charge in [-0.25, -0.2) is 8.42 Å². The molecular formula is C28H32BrN3O4S. The van der Waals surface area contributed by atoms with Crippen molar-refractivity contribution in [3.63, 3.8) is 0 Å². The highest BCUT2D eigenvalue weighted by Crippen LogP contribution is 2.27. The molecule has 0 saturated carbocycles. The minimum atomic E-state index is -4.08. The van der Waals surface area contributed by atoms with Gasteiger partial charge in [-0.05, 0) is 61.7 Å². The first kappa shape index (κ1) is 28.4. The molecule has 0 aliphatic rings. The lowest BCUT2D eigenvalue weighted by Gasteiger charge is -2.32. The molecule has 0 bridgehead atoms. The molecule has 0 saturated heterocycles. The molecule has 3 aromatic carbocycles. The fraction of sp³-hybridized carbons (Fsp3) is 0.286. The Morgan fingerprint density at radius 3 is 2.30 bits per heavy atom. The summed E-state index contributed by atoms with van der Waals surface area (Å²) in [5, 5.41) is 2.85. The van der Waals surface area contributed by atoms with Crippen LogP contribution in [0.15, 0.2) is 88.2 Å². The van der Waals surface area contributed by atoms with Crippen molar-refractivity contribution in [1.29, 1.82) is 0 Å². The third-order valence-corrected chi connectivity index (χ3v) is 8.31. The Morgan fingerprint density at radius 2 is 1.65 bits per heavy atom. The van der Waals surface area contributed by atoms with Crippen LogP contribution in [0.3, 0.4) is 0 Å². The third-order valence-electron chi connectivity index (χ3n) is 6.02. The molecular weight excluding hydrogens is 554 g/mol. The van der Waals surface area contributed by atoms with Crippen LogP contribution in [0, 0.1) is 6.92 Å². The summed E-state index contributed by atoms with van der Waals surface area (Å²) in [5.41, 5.74) is 2.19. The number of hydrogen-bond acceptors (Lipinski definition) is 4. The highest BCUT2D eigenvalue weighted by atomic mass is 79.9. The first-order chi connectivity index (χ1) is 17.6. The largest absolute Gasteiger partial charge is 0.354 e. The maximum atomic E-state index is 13.9. The molecule has 37 heavy (non-hydrogen) atoms. The predicted molar refractivity (Wildman–Crippen MR) is 150 cm³/mol. The topological polar surface area (TPSA) is 86.8 Å². The van der Waals surface area contributed by atoms with Gasteiger partial charge in [-0.1, -0.05) is 71.4 Å². The van der Waals surface area contributed by atoms with Crippen LogP contribution in [0.25, 0.3) is 0 Å². The van der Waals surface area contributed by atoms with Gasteiger partial charge < -0.3 is 10.2 Å². The quantitative estimate of drug-likeness (QED) is 0.347. The van der Waals surface area contributed by atoms with Crippen molar-refractivity contribution in [3.05, 3.63) is 94.5 Å². The van der Waals surface area contributed by atoms with Crippen LogP contribution in [0.1, 0.15) is 31.4 Å². The fourth-order valence-corrected chi connectivity index (χ4v) is 5.64. The molecule has 0 spiro atoms. The predicted octanol–water partition coefficient (Wildman–Crippen LogP) is 4.90. The van der Waals surface area contributed by atoms with Gasteiger partial charge in [-0.15, -0.1) is 0 Å². The molecule has 0 unspecified atom stereocenters. The van der Waals surface area contributed by atoms with E-state index in [9.17, 15) is 18.0 Å². The van der Waals surface area contributed by atoms with Gasteiger partial charge in [-0.2, -0.15) is 0 Å². The van der Waals surface area contributed by atoms with Gasteiger partial charge in [0.2, 0.25) is 11.8 Å². The summed E-state index contributed by atoms with van der Waals surface area (Å²) < 4.78 is 29.2. The zero-order chi connectivity index (χ0) is 27.0. The summed E-state index contributed by atoms with van der Waals surface area (Å²) in [6, 6.07) is 21.6. The molecule has 0 aromatic heterocycles. The van der Waals surface area contributed by atoms with Crippen LogP contribution >= 0.6 is 15.9 Å². The normalized spacial score (nSPS) is 12.0. The van der Waals surface area contributed by atoms with E-state index in [4.69, 9.17) is 0 Å². The number of halogens is 1. The molecule has 0 fully saturated rings. The van der Waals surface area contributed by atoms with Gasteiger partial charge in [0.1, 0.15) is 12.6 Å². The Bertz CT molecular complexity index is 1330. The van der Waals surface area contributed by atoms with Gasteiger partial charge >= 0.3 is 0 Å². The summed E-state index contributed by atoms with van der Waals surface area (Å²) in [7, 11) is -4.08. The molecule has 1 atom stereocenters. The van der Waals surface area contributed by atoms with Crippen LogP contribution < -0.4 is 9.62 Å². The first-order valence-corrected chi connectivity index (χ1v) is 14.3. The fourth-order valence-electron chi connectivity index (χ4n) is 3.83. The Balaban J connectivity index is 2.02. The van der Waals surface area contributed by atoms with E-state index < -0.39 is 28.5 Å². The number of benzene rings is 3. The van der Waals surface area contributed by atoms with E-state index in [-0.39, 0.29) is 17.3 Å². The highest BCUT2D eigenvalue weighted by Gasteiger charge is 2.32. The zero-order valence-corrected chi connectivity index (χ0v) is 23.6. The minimum absolute atomic E-state index is 0.0713. The summed E-state index contributed by atoms with van der Waals surface area (Å²) in [5.74, 6) is -0.773. The second kappa shape index (κ2) is 12.9. The number of carbonyl (C=O) groups is 2. The zero-order valence-electron chi connectivity index (χ0n) is 21.2. The van der Waals surface area contributed by atoms with Crippen LogP contribution in [-0.4, -0.2) is 44.3 Å². The number of rotatable bonds is 11. The van der Waals surface area contributed by atoms with E-state index in [1.54, 1.807) is 49.4 Å². The summed E-state index contributed by atoms with van der Waals surface area (Å²) in [6.07, 6.45) is 0.760. The average molecular weight is 587 g/mol. The summed E-state index contributed by atoms with van der Waals surface area (Å²) in [4.78, 5) is 28.3. The van der Waals surface area contributed by atoms with Crippen LogP contribution in [0.2, 0.25) is 0 Å². The van der Waals surface area contributed by atoms with Crippen molar-refractivity contribution >= 4 is 43.5 Å². The van der Waals surface area contributed by atoms with Crippen LogP contribution in [0.4, 0.5) is 5.69 Å². The van der Waals surface area contributed by atoms with Crippen molar-refractivity contribution in [1.82, 2.24) is 10.2 Å². The Labute approximate surface area is 227 Å². The number of carbonyl (C=O) groups excluding carboxylic acids is 2. The summed E-state index contributed by atoms with van der Waals surface area (Å²) in [6.45, 7) is 5.74. The van der Waals surface area contributed by atoms with Crippen molar-refractivity contribution < 1.29 is 18.0 Å². The Hall–Kier alpha value is -3.17. The number of nitrogens with one attached hydrogen (secondary N) is 1. The monoisotopic (exact) mass is 585 g/mol. The van der Waals surface area contributed by atoms with Crippen molar-refractivity contribution in [2.45, 2.75) is 44.7 Å². The van der Waals surface area contributed by atoms with E-state index in [1.807, 2.05) is 38.1 Å². The Morgan fingerprint density at radius 1 is 0.973 bits per heavy atom. The molecule has 0 aliphatic heterocycles. The number of anilines is 1. The maximum Gasteiger partial charge on any atom is 0.264 e. The lowest BCUT2D eigenvalue weighted by atomic mass is 10.1. The van der Waals surface area contributed by atoms with Crippen LogP contribution in [-0.2, 0) is 26.2 Å². The lowest BCUT2D eigenvalue weighted by Crippen LogP contribution is -2.51. The SMILES string of the molecule is CCCNC(=O)[C@H](C)N(Cc1ccccc1C)C(=O)CN(c1cccc(Br)c1)S(=O)(=O)c1ccccc1. The minimum Gasteiger partial charge on any atom is -0.354 e. The highest BCUT2D eigenvalue weighted by molar-refractivity contribution is 9.10.